The van der Waals surface area contributed by atoms with Gasteiger partial charge in [-0.15, -0.1) is 0 Å². The minimum absolute atomic E-state index is 0.0562. The largest absolute Gasteiger partial charge is 0.311 e. The van der Waals surface area contributed by atoms with Crippen molar-refractivity contribution in [3.63, 3.8) is 0 Å². The molecular formula is C14H26N2O2S. The fourth-order valence-corrected chi connectivity index (χ4v) is 4.34. The second kappa shape index (κ2) is 5.54. The summed E-state index contributed by atoms with van der Waals surface area (Å²) in [5.41, 5.74) is 0. The number of rotatable bonds is 3. The third kappa shape index (κ3) is 3.38. The Morgan fingerprint density at radius 2 is 1.89 bits per heavy atom. The van der Waals surface area contributed by atoms with Crippen LogP contribution >= 0.6 is 0 Å². The molecule has 0 aliphatic carbocycles. The lowest BCUT2D eigenvalue weighted by molar-refractivity contribution is 0.0692. The standard InChI is InChI=1S/C14H26N2O2S/c1-10(2)13-8-16(14(7-15-13)11(3)4)12-5-6-19(17,18)9-12/h5-6,10-15H,7-9H2,1-4H3. The molecule has 4 nitrogen and oxygen atoms in total. The summed E-state index contributed by atoms with van der Waals surface area (Å²) in [4.78, 5) is 2.40. The van der Waals surface area contributed by atoms with Gasteiger partial charge in [0.05, 0.1) is 5.75 Å². The number of nitrogens with zero attached hydrogens (tertiary/aromatic N) is 1. The van der Waals surface area contributed by atoms with Crippen molar-refractivity contribution in [1.29, 1.82) is 0 Å². The van der Waals surface area contributed by atoms with Crippen LogP contribution < -0.4 is 5.32 Å². The smallest absolute Gasteiger partial charge is 0.173 e. The molecule has 0 spiro atoms. The van der Waals surface area contributed by atoms with E-state index in [2.05, 4.69) is 37.9 Å². The Balaban J connectivity index is 2.15. The first kappa shape index (κ1) is 15.0. The molecule has 2 aliphatic rings. The van der Waals surface area contributed by atoms with Crippen molar-refractivity contribution >= 4 is 9.84 Å². The lowest BCUT2D eigenvalue weighted by Crippen LogP contribution is -2.62. The Hall–Kier alpha value is -0.390. The molecule has 2 rings (SSSR count). The lowest BCUT2D eigenvalue weighted by atomic mass is 9.93. The first-order valence-electron chi connectivity index (χ1n) is 7.20. The number of sulfone groups is 1. The van der Waals surface area contributed by atoms with Crippen LogP contribution in [0.5, 0.6) is 0 Å². The third-order valence-corrected chi connectivity index (χ3v) is 5.71. The minimum atomic E-state index is -2.97. The second-order valence-electron chi connectivity index (χ2n) is 6.49. The molecule has 0 aromatic heterocycles. The molecule has 3 unspecified atom stereocenters. The van der Waals surface area contributed by atoms with Gasteiger partial charge in [-0.2, -0.15) is 0 Å². The van der Waals surface area contributed by atoms with E-state index in [9.17, 15) is 8.42 Å². The van der Waals surface area contributed by atoms with E-state index in [4.69, 9.17) is 0 Å². The molecule has 2 heterocycles. The van der Waals surface area contributed by atoms with Gasteiger partial charge < -0.3 is 5.32 Å². The molecule has 0 aromatic rings. The van der Waals surface area contributed by atoms with Crippen LogP contribution in [0, 0.1) is 11.8 Å². The summed E-state index contributed by atoms with van der Waals surface area (Å²) in [5, 5.41) is 5.00. The third-order valence-electron chi connectivity index (χ3n) is 4.33. The fourth-order valence-electron chi connectivity index (χ4n) is 3.03. The van der Waals surface area contributed by atoms with Gasteiger partial charge in [-0.3, -0.25) is 4.90 Å². The van der Waals surface area contributed by atoms with E-state index in [1.807, 2.05) is 6.08 Å². The first-order chi connectivity index (χ1) is 8.80. The molecule has 2 aliphatic heterocycles. The van der Waals surface area contributed by atoms with Gasteiger partial charge in [-0.25, -0.2) is 8.42 Å². The zero-order chi connectivity index (χ0) is 14.2. The van der Waals surface area contributed by atoms with E-state index in [1.54, 1.807) is 0 Å². The van der Waals surface area contributed by atoms with Crippen LogP contribution in [0.25, 0.3) is 0 Å². The van der Waals surface area contributed by atoms with Gasteiger partial charge in [-0.05, 0) is 11.8 Å². The van der Waals surface area contributed by atoms with Gasteiger partial charge in [0.15, 0.2) is 9.84 Å². The summed E-state index contributed by atoms with van der Waals surface area (Å²) < 4.78 is 23.3. The van der Waals surface area contributed by atoms with Gasteiger partial charge in [-0.1, -0.05) is 33.8 Å². The van der Waals surface area contributed by atoms with Gasteiger partial charge >= 0.3 is 0 Å². The summed E-state index contributed by atoms with van der Waals surface area (Å²) in [5.74, 6) is 1.34. The highest BCUT2D eigenvalue weighted by atomic mass is 32.2. The van der Waals surface area contributed by atoms with E-state index in [-0.39, 0.29) is 11.8 Å². The molecule has 1 saturated heterocycles. The molecule has 1 N–H and O–H groups in total. The summed E-state index contributed by atoms with van der Waals surface area (Å²) in [7, 11) is -2.97. The summed E-state index contributed by atoms with van der Waals surface area (Å²) in [6.45, 7) is 10.7. The van der Waals surface area contributed by atoms with Crippen LogP contribution in [0.1, 0.15) is 27.7 Å². The normalized spacial score (nSPS) is 35.4. The molecule has 0 saturated carbocycles. The molecule has 0 amide bonds. The second-order valence-corrected chi connectivity index (χ2v) is 8.42. The molecule has 3 atom stereocenters. The van der Waals surface area contributed by atoms with Crippen LogP contribution in [0.3, 0.4) is 0 Å². The van der Waals surface area contributed by atoms with Crippen LogP contribution in [0.4, 0.5) is 0 Å². The van der Waals surface area contributed by atoms with Gasteiger partial charge in [0.1, 0.15) is 0 Å². The number of piperazine rings is 1. The predicted molar refractivity (Wildman–Crippen MR) is 78.7 cm³/mol. The molecule has 0 radical (unpaired) electrons. The van der Waals surface area contributed by atoms with E-state index in [1.165, 1.54) is 5.41 Å². The zero-order valence-corrected chi connectivity index (χ0v) is 13.2. The van der Waals surface area contributed by atoms with Crippen LogP contribution in [-0.4, -0.2) is 50.3 Å². The van der Waals surface area contributed by atoms with E-state index in [0.29, 0.717) is 23.9 Å². The van der Waals surface area contributed by atoms with Crippen molar-refractivity contribution in [2.24, 2.45) is 11.8 Å². The maximum absolute atomic E-state index is 11.6. The van der Waals surface area contributed by atoms with Crippen LogP contribution in [-0.2, 0) is 9.84 Å². The Bertz CT molecular complexity index is 442. The highest BCUT2D eigenvalue weighted by Gasteiger charge is 2.37. The predicted octanol–water partition coefficient (Wildman–Crippen LogP) is 1.25. The van der Waals surface area contributed by atoms with Crippen LogP contribution in [0.2, 0.25) is 0 Å². The molecule has 19 heavy (non-hydrogen) atoms. The molecule has 0 aromatic carbocycles. The summed E-state index contributed by atoms with van der Waals surface area (Å²) in [6.07, 6.45) is 1.87. The Kier molecular flexibility index (Phi) is 4.38. The quantitative estimate of drug-likeness (QED) is 0.848. The fraction of sp³-hybridized carbons (Fsp3) is 0.857. The van der Waals surface area contributed by atoms with E-state index < -0.39 is 9.84 Å². The monoisotopic (exact) mass is 286 g/mol. The van der Waals surface area contributed by atoms with Crippen molar-refractivity contribution in [3.05, 3.63) is 11.5 Å². The highest BCUT2D eigenvalue weighted by Crippen LogP contribution is 2.24. The zero-order valence-electron chi connectivity index (χ0n) is 12.3. The van der Waals surface area contributed by atoms with Gasteiger partial charge in [0.2, 0.25) is 0 Å². The average Bonchev–Trinajstić information content (AvgIpc) is 2.68. The van der Waals surface area contributed by atoms with Crippen molar-refractivity contribution in [3.8, 4) is 0 Å². The topological polar surface area (TPSA) is 49.4 Å². The molecule has 1 fully saturated rings. The van der Waals surface area contributed by atoms with Crippen molar-refractivity contribution in [1.82, 2.24) is 10.2 Å². The van der Waals surface area contributed by atoms with Gasteiger partial charge in [0, 0.05) is 36.6 Å². The SMILES string of the molecule is CC(C)C1CN(C2C=CS(=O)(=O)C2)C(C(C)C)CN1. The average molecular weight is 286 g/mol. The molecule has 5 heteroatoms. The maximum Gasteiger partial charge on any atom is 0.173 e. The summed E-state index contributed by atoms with van der Waals surface area (Å²) >= 11 is 0. The van der Waals surface area contributed by atoms with Crippen molar-refractivity contribution in [2.75, 3.05) is 18.8 Å². The lowest BCUT2D eigenvalue weighted by Gasteiger charge is -2.46. The van der Waals surface area contributed by atoms with E-state index in [0.717, 1.165) is 13.1 Å². The Labute approximate surface area is 117 Å². The minimum Gasteiger partial charge on any atom is -0.311 e. The highest BCUT2D eigenvalue weighted by molar-refractivity contribution is 7.94. The van der Waals surface area contributed by atoms with Gasteiger partial charge in [0.25, 0.3) is 0 Å². The van der Waals surface area contributed by atoms with Crippen molar-refractivity contribution < 1.29 is 8.42 Å². The van der Waals surface area contributed by atoms with E-state index >= 15 is 0 Å². The molecule has 110 valence electrons. The number of hydrogen-bond acceptors (Lipinski definition) is 4. The number of hydrogen-bond donors (Lipinski definition) is 1. The van der Waals surface area contributed by atoms with Crippen molar-refractivity contribution in [2.45, 2.75) is 45.8 Å². The Morgan fingerprint density at radius 1 is 1.21 bits per heavy atom. The number of nitrogens with one attached hydrogen (secondary N) is 1. The summed E-state index contributed by atoms with van der Waals surface area (Å²) in [6, 6.07) is 0.922. The first-order valence-corrected chi connectivity index (χ1v) is 8.92. The molecular weight excluding hydrogens is 260 g/mol. The Morgan fingerprint density at radius 3 is 2.37 bits per heavy atom. The maximum atomic E-state index is 11.6. The molecule has 0 bridgehead atoms. The van der Waals surface area contributed by atoms with Crippen LogP contribution in [0.15, 0.2) is 11.5 Å².